The van der Waals surface area contributed by atoms with Crippen molar-refractivity contribution in [2.75, 3.05) is 0 Å². The van der Waals surface area contributed by atoms with Gasteiger partial charge >= 0.3 is 0 Å². The Labute approximate surface area is 107 Å². The smallest absolute Gasteiger partial charge is 0.157 e. The Morgan fingerprint density at radius 3 is 2.47 bits per heavy atom. The van der Waals surface area contributed by atoms with Crippen LogP contribution in [0.2, 0.25) is 0 Å². The first kappa shape index (κ1) is 12.4. The molecule has 2 rings (SSSR count). The Kier molecular flexibility index (Phi) is 4.06. The zero-order valence-electron chi connectivity index (χ0n) is 9.13. The predicted molar refractivity (Wildman–Crippen MR) is 72.1 cm³/mol. The van der Waals surface area contributed by atoms with Crippen molar-refractivity contribution in [1.29, 1.82) is 0 Å². The van der Waals surface area contributed by atoms with Gasteiger partial charge in [0.05, 0.1) is 5.75 Å². The summed E-state index contributed by atoms with van der Waals surface area (Å²) in [6, 6.07) is 9.76. The summed E-state index contributed by atoms with van der Waals surface area (Å²) in [4.78, 5) is 1.15. The first-order valence-corrected chi connectivity index (χ1v) is 7.29. The van der Waals surface area contributed by atoms with Gasteiger partial charge in [-0.25, -0.2) is 4.21 Å². The molecule has 0 aliphatic carbocycles. The minimum Gasteiger partial charge on any atom is -0.326 e. The third kappa shape index (κ3) is 3.23. The van der Waals surface area contributed by atoms with Gasteiger partial charge in [-0.15, -0.1) is 11.3 Å². The van der Waals surface area contributed by atoms with Crippen molar-refractivity contribution in [3.8, 4) is 11.1 Å². The van der Waals surface area contributed by atoms with Crippen LogP contribution in [0.5, 0.6) is 0 Å². The maximum Gasteiger partial charge on any atom is 0.157 e. The van der Waals surface area contributed by atoms with Crippen molar-refractivity contribution in [1.82, 2.24) is 0 Å². The number of nitrogens with two attached hydrogens (primary N) is 1. The molecule has 0 bridgehead atoms. The molecule has 3 N–H and O–H groups in total. The van der Waals surface area contributed by atoms with Gasteiger partial charge in [0.1, 0.15) is 0 Å². The molecule has 1 unspecified atom stereocenters. The molecule has 1 aromatic carbocycles. The molecule has 0 radical (unpaired) electrons. The van der Waals surface area contributed by atoms with Crippen LogP contribution >= 0.6 is 11.3 Å². The fourth-order valence-electron chi connectivity index (χ4n) is 1.58. The molecule has 0 fully saturated rings. The lowest BCUT2D eigenvalue weighted by molar-refractivity contribution is 0.563. The maximum atomic E-state index is 10.7. The molecule has 1 atom stereocenters. The summed E-state index contributed by atoms with van der Waals surface area (Å²) in [5, 5.41) is 2.07. The average molecular weight is 267 g/mol. The highest BCUT2D eigenvalue weighted by Crippen LogP contribution is 2.25. The van der Waals surface area contributed by atoms with Crippen LogP contribution in [0.15, 0.2) is 35.7 Å². The first-order chi connectivity index (χ1) is 8.19. The van der Waals surface area contributed by atoms with Crippen molar-refractivity contribution in [2.45, 2.75) is 12.3 Å². The van der Waals surface area contributed by atoms with Crippen LogP contribution in [-0.4, -0.2) is 8.76 Å². The molecule has 1 heterocycles. The molecular formula is C12H13NO2S2. The Hall–Kier alpha value is -1.01. The van der Waals surface area contributed by atoms with E-state index in [4.69, 9.17) is 10.3 Å². The van der Waals surface area contributed by atoms with Crippen LogP contribution in [0.25, 0.3) is 11.1 Å². The Morgan fingerprint density at radius 2 is 1.94 bits per heavy atom. The second kappa shape index (κ2) is 5.55. The SMILES string of the molecule is NCc1cc(-c2ccc(CS(=O)O)cc2)cs1. The lowest BCUT2D eigenvalue weighted by Crippen LogP contribution is -1.92. The molecule has 0 aliphatic rings. The normalized spacial score (nSPS) is 12.6. The van der Waals surface area contributed by atoms with E-state index in [1.54, 1.807) is 11.3 Å². The van der Waals surface area contributed by atoms with E-state index >= 15 is 0 Å². The minimum atomic E-state index is -1.78. The van der Waals surface area contributed by atoms with Gasteiger partial charge in [0.15, 0.2) is 11.1 Å². The second-order valence-electron chi connectivity index (χ2n) is 3.67. The predicted octanol–water partition coefficient (Wildman–Crippen LogP) is 2.60. The molecule has 0 saturated carbocycles. The summed E-state index contributed by atoms with van der Waals surface area (Å²) in [7, 11) is 0. The second-order valence-corrected chi connectivity index (χ2v) is 5.60. The lowest BCUT2D eigenvalue weighted by atomic mass is 10.1. The lowest BCUT2D eigenvalue weighted by Gasteiger charge is -2.00. The van der Waals surface area contributed by atoms with Crippen molar-refractivity contribution in [2.24, 2.45) is 5.73 Å². The highest BCUT2D eigenvalue weighted by atomic mass is 32.2. The summed E-state index contributed by atoms with van der Waals surface area (Å²) < 4.78 is 19.5. The van der Waals surface area contributed by atoms with Crippen molar-refractivity contribution in [3.63, 3.8) is 0 Å². The molecule has 1 aromatic heterocycles. The number of hydrogen-bond acceptors (Lipinski definition) is 3. The molecule has 17 heavy (non-hydrogen) atoms. The Balaban J connectivity index is 2.19. The molecule has 5 heteroatoms. The molecule has 3 nitrogen and oxygen atoms in total. The van der Waals surface area contributed by atoms with Crippen LogP contribution in [0, 0.1) is 0 Å². The number of hydrogen-bond donors (Lipinski definition) is 2. The number of thiophene rings is 1. The van der Waals surface area contributed by atoms with E-state index in [0.717, 1.165) is 21.6 Å². The van der Waals surface area contributed by atoms with Crippen LogP contribution in [0.4, 0.5) is 0 Å². The topological polar surface area (TPSA) is 63.3 Å². The van der Waals surface area contributed by atoms with Gasteiger partial charge in [0.25, 0.3) is 0 Å². The van der Waals surface area contributed by atoms with Gasteiger partial charge in [-0.3, -0.25) is 0 Å². The zero-order valence-corrected chi connectivity index (χ0v) is 10.8. The summed E-state index contributed by atoms with van der Waals surface area (Å²) in [5.74, 6) is 0.179. The van der Waals surface area contributed by atoms with E-state index < -0.39 is 11.1 Å². The molecule has 2 aromatic rings. The largest absolute Gasteiger partial charge is 0.326 e. The molecule has 0 spiro atoms. The quantitative estimate of drug-likeness (QED) is 0.837. The summed E-state index contributed by atoms with van der Waals surface area (Å²) >= 11 is -0.134. The highest BCUT2D eigenvalue weighted by Gasteiger charge is 2.03. The van der Waals surface area contributed by atoms with E-state index in [9.17, 15) is 4.21 Å². The van der Waals surface area contributed by atoms with Crippen LogP contribution in [0.1, 0.15) is 10.4 Å². The standard InChI is InChI=1S/C12H13NO2S2/c13-6-12-5-11(7-16-12)10-3-1-9(2-4-10)8-17(14)15/h1-5,7H,6,8,13H2,(H,14,15). The third-order valence-corrected chi connectivity index (χ3v) is 3.97. The third-order valence-electron chi connectivity index (χ3n) is 2.43. The summed E-state index contributed by atoms with van der Waals surface area (Å²) in [6.07, 6.45) is 0. The number of benzene rings is 1. The van der Waals surface area contributed by atoms with E-state index in [2.05, 4.69) is 11.4 Å². The van der Waals surface area contributed by atoms with Gasteiger partial charge in [-0.1, -0.05) is 24.3 Å². The van der Waals surface area contributed by atoms with E-state index in [0.29, 0.717) is 6.54 Å². The summed E-state index contributed by atoms with van der Waals surface area (Å²) in [5.41, 5.74) is 8.68. The van der Waals surface area contributed by atoms with Crippen LogP contribution in [0.3, 0.4) is 0 Å². The van der Waals surface area contributed by atoms with Gasteiger partial charge in [0, 0.05) is 11.4 Å². The van der Waals surface area contributed by atoms with Gasteiger partial charge in [0.2, 0.25) is 0 Å². The molecule has 0 aliphatic heterocycles. The zero-order chi connectivity index (χ0) is 12.3. The maximum absolute atomic E-state index is 10.7. The van der Waals surface area contributed by atoms with Gasteiger partial charge in [-0.05, 0) is 28.1 Å². The number of rotatable bonds is 4. The van der Waals surface area contributed by atoms with Gasteiger partial charge < -0.3 is 10.3 Å². The first-order valence-electron chi connectivity index (χ1n) is 5.13. The van der Waals surface area contributed by atoms with Gasteiger partial charge in [-0.2, -0.15) is 0 Å². The van der Waals surface area contributed by atoms with Crippen molar-refractivity contribution < 1.29 is 8.76 Å². The van der Waals surface area contributed by atoms with Crippen molar-refractivity contribution in [3.05, 3.63) is 46.2 Å². The van der Waals surface area contributed by atoms with Crippen LogP contribution < -0.4 is 5.73 Å². The molecule has 0 amide bonds. The fourth-order valence-corrected chi connectivity index (χ4v) is 2.83. The van der Waals surface area contributed by atoms with E-state index in [1.165, 1.54) is 0 Å². The highest BCUT2D eigenvalue weighted by molar-refractivity contribution is 7.78. The Bertz CT molecular complexity index is 520. The van der Waals surface area contributed by atoms with Crippen LogP contribution in [-0.2, 0) is 23.4 Å². The summed E-state index contributed by atoms with van der Waals surface area (Å²) in [6.45, 7) is 0.562. The van der Waals surface area contributed by atoms with Crippen molar-refractivity contribution >= 4 is 22.4 Å². The minimum absolute atomic E-state index is 0.179. The van der Waals surface area contributed by atoms with E-state index in [1.807, 2.05) is 24.3 Å². The Morgan fingerprint density at radius 1 is 1.24 bits per heavy atom. The average Bonchev–Trinajstić information content (AvgIpc) is 2.78. The molecule has 0 saturated heterocycles. The molecular weight excluding hydrogens is 254 g/mol. The molecule has 90 valence electrons. The van der Waals surface area contributed by atoms with E-state index in [-0.39, 0.29) is 5.75 Å². The monoisotopic (exact) mass is 267 g/mol. The fraction of sp³-hybridized carbons (Fsp3) is 0.167.